The average Bonchev–Trinajstić information content (AvgIpc) is 2.71. The van der Waals surface area contributed by atoms with Gasteiger partial charge in [0, 0.05) is 5.82 Å². The second kappa shape index (κ2) is 6.65. The Morgan fingerprint density at radius 1 is 1.20 bits per heavy atom. The quantitative estimate of drug-likeness (QED) is 0.603. The summed E-state index contributed by atoms with van der Waals surface area (Å²) < 4.78 is 55.7. The van der Waals surface area contributed by atoms with Gasteiger partial charge in [0.15, 0.2) is 0 Å². The Bertz CT molecular complexity index is 627. The minimum atomic E-state index is -4.47. The van der Waals surface area contributed by atoms with Crippen LogP contribution in [0.25, 0.3) is 0 Å². The summed E-state index contributed by atoms with van der Waals surface area (Å²) >= 11 is 0. The van der Waals surface area contributed by atoms with Crippen LogP contribution in [0.5, 0.6) is 0 Å². The van der Waals surface area contributed by atoms with Gasteiger partial charge in [-0.1, -0.05) is 18.2 Å². The van der Waals surface area contributed by atoms with Crippen LogP contribution < -0.4 is 0 Å². The molecule has 0 aromatic heterocycles. The van der Waals surface area contributed by atoms with Crippen LogP contribution in [0.4, 0.5) is 13.2 Å². The number of halogens is 3. The summed E-state index contributed by atoms with van der Waals surface area (Å²) in [7, 11) is 0.378. The highest BCUT2D eigenvalue weighted by Crippen LogP contribution is 2.42. The van der Waals surface area contributed by atoms with Crippen LogP contribution in [0.15, 0.2) is 24.3 Å². The second-order valence-corrected chi connectivity index (χ2v) is 7.13. The molecule has 0 saturated carbocycles. The maximum absolute atomic E-state index is 13.0. The van der Waals surface area contributed by atoms with Gasteiger partial charge in [-0.05, 0) is 39.3 Å². The maximum atomic E-state index is 13.0. The van der Waals surface area contributed by atoms with E-state index in [4.69, 9.17) is 14.0 Å². The highest BCUT2D eigenvalue weighted by atomic mass is 19.4. The molecule has 1 unspecified atom stereocenters. The van der Waals surface area contributed by atoms with Crippen LogP contribution in [0, 0.1) is 0 Å². The van der Waals surface area contributed by atoms with Crippen LogP contribution >= 0.6 is 0 Å². The summed E-state index contributed by atoms with van der Waals surface area (Å²) in [6, 6.07) is 4.86. The molecular formula is C17H22BF3O4. The summed E-state index contributed by atoms with van der Waals surface area (Å²) in [4.78, 5) is 11.8. The number of benzene rings is 1. The number of ether oxygens (including phenoxy) is 1. The third-order valence-electron chi connectivity index (χ3n) is 4.86. The Hall–Kier alpha value is -1.54. The molecule has 0 amide bonds. The molecule has 0 N–H and O–H groups in total. The topological polar surface area (TPSA) is 44.8 Å². The first kappa shape index (κ1) is 19.8. The molecule has 1 aliphatic heterocycles. The zero-order valence-corrected chi connectivity index (χ0v) is 14.9. The largest absolute Gasteiger partial charge is 0.469 e. The first-order chi connectivity index (χ1) is 11.4. The van der Waals surface area contributed by atoms with Gasteiger partial charge < -0.3 is 14.0 Å². The normalized spacial score (nSPS) is 20.4. The van der Waals surface area contributed by atoms with E-state index < -0.39 is 41.8 Å². The number of rotatable bonds is 4. The number of esters is 1. The third-order valence-corrected chi connectivity index (χ3v) is 4.86. The molecule has 1 fully saturated rings. The molecule has 8 heteroatoms. The molecule has 4 nitrogen and oxygen atoms in total. The molecule has 138 valence electrons. The minimum absolute atomic E-state index is 0.144. The number of carbonyl (C=O) groups is 1. The zero-order valence-electron chi connectivity index (χ0n) is 14.9. The Morgan fingerprint density at radius 3 is 2.24 bits per heavy atom. The van der Waals surface area contributed by atoms with Crippen molar-refractivity contribution in [3.8, 4) is 0 Å². The van der Waals surface area contributed by atoms with E-state index in [-0.39, 0.29) is 6.42 Å². The lowest BCUT2D eigenvalue weighted by atomic mass is 9.66. The predicted molar refractivity (Wildman–Crippen MR) is 86.9 cm³/mol. The molecule has 1 saturated heterocycles. The van der Waals surface area contributed by atoms with E-state index in [1.807, 2.05) is 27.7 Å². The summed E-state index contributed by atoms with van der Waals surface area (Å²) in [5.41, 5.74) is -1.78. The fourth-order valence-corrected chi connectivity index (χ4v) is 2.63. The highest BCUT2D eigenvalue weighted by molar-refractivity contribution is 6.48. The molecule has 1 atom stereocenters. The van der Waals surface area contributed by atoms with E-state index >= 15 is 0 Å². The van der Waals surface area contributed by atoms with Crippen molar-refractivity contribution < 1.29 is 32.0 Å². The number of methoxy groups -OCH3 is 1. The molecule has 0 aliphatic carbocycles. The fourth-order valence-electron chi connectivity index (χ4n) is 2.63. The summed E-state index contributed by atoms with van der Waals surface area (Å²) in [5, 5.41) is 0. The van der Waals surface area contributed by atoms with Crippen molar-refractivity contribution in [1.82, 2.24) is 0 Å². The first-order valence-electron chi connectivity index (χ1n) is 7.97. The molecular weight excluding hydrogens is 336 g/mol. The van der Waals surface area contributed by atoms with E-state index in [1.165, 1.54) is 19.2 Å². The molecule has 1 aromatic carbocycles. The molecule has 0 radical (unpaired) electrons. The standard InChI is InChI=1S/C17H22BF3O4/c1-15(2)16(3,4)25-18(24-15)13(10-14(22)23-5)11-7-6-8-12(9-11)17(19,20)21/h6-9,13H,10H2,1-5H3. The molecule has 2 rings (SSSR count). The number of carbonyl (C=O) groups excluding carboxylic acids is 1. The van der Waals surface area contributed by atoms with Gasteiger partial charge in [-0.2, -0.15) is 13.2 Å². The molecule has 1 aromatic rings. The van der Waals surface area contributed by atoms with E-state index in [1.54, 1.807) is 0 Å². The Morgan fingerprint density at radius 2 is 1.76 bits per heavy atom. The van der Waals surface area contributed by atoms with E-state index in [0.717, 1.165) is 12.1 Å². The van der Waals surface area contributed by atoms with Gasteiger partial charge in [-0.25, -0.2) is 0 Å². The monoisotopic (exact) mass is 358 g/mol. The Labute approximate surface area is 145 Å². The predicted octanol–water partition coefficient (Wildman–Crippen LogP) is 3.98. The molecule has 0 bridgehead atoms. The van der Waals surface area contributed by atoms with Crippen molar-refractivity contribution >= 4 is 13.1 Å². The Kier molecular flexibility index (Phi) is 5.26. The van der Waals surface area contributed by atoms with E-state index in [9.17, 15) is 18.0 Å². The van der Waals surface area contributed by atoms with Crippen LogP contribution in [-0.2, 0) is 25.0 Å². The molecule has 25 heavy (non-hydrogen) atoms. The van der Waals surface area contributed by atoms with Crippen molar-refractivity contribution in [2.24, 2.45) is 0 Å². The number of hydrogen-bond acceptors (Lipinski definition) is 4. The van der Waals surface area contributed by atoms with Crippen LogP contribution in [0.2, 0.25) is 0 Å². The van der Waals surface area contributed by atoms with Crippen molar-refractivity contribution in [3.05, 3.63) is 35.4 Å². The van der Waals surface area contributed by atoms with Crippen molar-refractivity contribution in [2.45, 2.75) is 57.3 Å². The van der Waals surface area contributed by atoms with E-state index in [0.29, 0.717) is 5.56 Å². The minimum Gasteiger partial charge on any atom is -0.469 e. The highest BCUT2D eigenvalue weighted by Gasteiger charge is 2.54. The van der Waals surface area contributed by atoms with Crippen LogP contribution in [-0.4, -0.2) is 31.4 Å². The lowest BCUT2D eigenvalue weighted by Gasteiger charge is -2.32. The van der Waals surface area contributed by atoms with Gasteiger partial charge >= 0.3 is 19.3 Å². The smallest absolute Gasteiger partial charge is 0.466 e. The van der Waals surface area contributed by atoms with Gasteiger partial charge in [0.2, 0.25) is 0 Å². The van der Waals surface area contributed by atoms with Gasteiger partial charge in [0.1, 0.15) is 0 Å². The molecule has 1 aliphatic rings. The second-order valence-electron chi connectivity index (χ2n) is 7.13. The lowest BCUT2D eigenvalue weighted by molar-refractivity contribution is -0.140. The van der Waals surface area contributed by atoms with Crippen LogP contribution in [0.1, 0.15) is 51.1 Å². The van der Waals surface area contributed by atoms with Crippen molar-refractivity contribution in [2.75, 3.05) is 7.11 Å². The number of alkyl halides is 3. The van der Waals surface area contributed by atoms with E-state index in [2.05, 4.69) is 0 Å². The van der Waals surface area contributed by atoms with Crippen molar-refractivity contribution in [3.63, 3.8) is 0 Å². The lowest BCUT2D eigenvalue weighted by Crippen LogP contribution is -2.41. The van der Waals surface area contributed by atoms with Crippen molar-refractivity contribution in [1.29, 1.82) is 0 Å². The summed E-state index contributed by atoms with van der Waals surface area (Å²) in [5.74, 6) is -1.26. The van der Waals surface area contributed by atoms with Gasteiger partial charge in [0.05, 0.1) is 30.3 Å². The van der Waals surface area contributed by atoms with Crippen LogP contribution in [0.3, 0.4) is 0 Å². The zero-order chi connectivity index (χ0) is 19.0. The summed E-state index contributed by atoms with van der Waals surface area (Å²) in [6.07, 6.45) is -4.61. The third kappa shape index (κ3) is 4.18. The number of hydrogen-bond donors (Lipinski definition) is 0. The Balaban J connectivity index is 2.40. The fraction of sp³-hybridized carbons (Fsp3) is 0.588. The summed E-state index contributed by atoms with van der Waals surface area (Å²) in [6.45, 7) is 7.37. The average molecular weight is 358 g/mol. The van der Waals surface area contributed by atoms with Gasteiger partial charge in [-0.15, -0.1) is 0 Å². The SMILES string of the molecule is COC(=O)CC(B1OC(C)(C)C(C)(C)O1)c1cccc(C(F)(F)F)c1. The molecule has 0 spiro atoms. The van der Waals surface area contributed by atoms with Gasteiger partial charge in [-0.3, -0.25) is 4.79 Å². The first-order valence-corrected chi connectivity index (χ1v) is 7.97. The van der Waals surface area contributed by atoms with Gasteiger partial charge in [0.25, 0.3) is 0 Å². The maximum Gasteiger partial charge on any atom is 0.466 e. The molecule has 1 heterocycles.